The average molecular weight is 441 g/mol. The highest BCUT2D eigenvalue weighted by Crippen LogP contribution is 2.30. The molecule has 0 atom stereocenters. The molecule has 138 valence electrons. The van der Waals surface area contributed by atoms with E-state index >= 15 is 0 Å². The molecule has 3 aromatic rings. The summed E-state index contributed by atoms with van der Waals surface area (Å²) in [6.45, 7) is 0. The summed E-state index contributed by atoms with van der Waals surface area (Å²) >= 11 is 14.4. The van der Waals surface area contributed by atoms with Crippen molar-refractivity contribution in [2.45, 2.75) is 10.1 Å². The smallest absolute Gasteiger partial charge is 0.269 e. The Morgan fingerprint density at radius 2 is 2.04 bits per heavy atom. The van der Waals surface area contributed by atoms with Crippen molar-refractivity contribution in [3.8, 4) is 0 Å². The van der Waals surface area contributed by atoms with Gasteiger partial charge in [-0.3, -0.25) is 20.2 Å². The van der Waals surface area contributed by atoms with Crippen LogP contribution >= 0.6 is 46.3 Å². The van der Waals surface area contributed by atoms with Crippen LogP contribution in [0.15, 0.2) is 46.8 Å². The van der Waals surface area contributed by atoms with Crippen molar-refractivity contribution in [2.75, 3.05) is 5.32 Å². The van der Waals surface area contributed by atoms with Crippen LogP contribution in [0.4, 0.5) is 10.8 Å². The lowest BCUT2D eigenvalue weighted by atomic mass is 10.2. The molecule has 0 aliphatic heterocycles. The number of thioether (sulfide) groups is 1. The highest BCUT2D eigenvalue weighted by molar-refractivity contribution is 8.00. The van der Waals surface area contributed by atoms with Gasteiger partial charge < -0.3 is 0 Å². The zero-order chi connectivity index (χ0) is 19.4. The second-order valence-corrected chi connectivity index (χ2v) is 8.21. The maximum atomic E-state index is 12.3. The van der Waals surface area contributed by atoms with Crippen LogP contribution in [0.25, 0.3) is 0 Å². The molecule has 7 nitrogen and oxygen atoms in total. The van der Waals surface area contributed by atoms with E-state index in [1.807, 2.05) is 0 Å². The molecule has 1 heterocycles. The third-order valence-electron chi connectivity index (χ3n) is 3.29. The Labute approximate surface area is 171 Å². The maximum Gasteiger partial charge on any atom is 0.269 e. The number of amides is 1. The molecular formula is C16H10Cl2N4O3S2. The zero-order valence-electron chi connectivity index (χ0n) is 13.4. The zero-order valence-corrected chi connectivity index (χ0v) is 16.5. The third-order valence-corrected chi connectivity index (χ3v) is 5.88. The van der Waals surface area contributed by atoms with Crippen molar-refractivity contribution in [3.63, 3.8) is 0 Å². The summed E-state index contributed by atoms with van der Waals surface area (Å²) in [5.74, 6) is 0.0795. The van der Waals surface area contributed by atoms with E-state index in [1.165, 1.54) is 47.4 Å². The minimum absolute atomic E-state index is 0.0400. The van der Waals surface area contributed by atoms with Crippen LogP contribution in [0.5, 0.6) is 0 Å². The number of nitro groups is 1. The maximum absolute atomic E-state index is 12.3. The van der Waals surface area contributed by atoms with Crippen molar-refractivity contribution in [1.82, 2.24) is 10.2 Å². The van der Waals surface area contributed by atoms with E-state index in [-0.39, 0.29) is 16.3 Å². The van der Waals surface area contributed by atoms with E-state index in [1.54, 1.807) is 18.2 Å². The van der Waals surface area contributed by atoms with E-state index < -0.39 is 10.8 Å². The van der Waals surface area contributed by atoms with Gasteiger partial charge in [0.25, 0.3) is 11.6 Å². The Morgan fingerprint density at radius 3 is 2.78 bits per heavy atom. The second kappa shape index (κ2) is 8.66. The number of non-ortho nitro benzene ring substituents is 1. The van der Waals surface area contributed by atoms with Crippen LogP contribution in [0.1, 0.15) is 15.9 Å². The van der Waals surface area contributed by atoms with Gasteiger partial charge in [-0.25, -0.2) is 0 Å². The number of benzene rings is 2. The van der Waals surface area contributed by atoms with Gasteiger partial charge >= 0.3 is 0 Å². The van der Waals surface area contributed by atoms with Gasteiger partial charge in [-0.15, -0.1) is 10.2 Å². The van der Waals surface area contributed by atoms with Crippen molar-refractivity contribution in [3.05, 3.63) is 73.8 Å². The molecule has 11 heteroatoms. The van der Waals surface area contributed by atoms with Crippen LogP contribution in [0, 0.1) is 10.1 Å². The first-order valence-electron chi connectivity index (χ1n) is 7.38. The SMILES string of the molecule is O=C(Nc1nnc(SCc2cccc([N+](=O)[O-])c2)s1)c1ccc(Cl)cc1Cl. The van der Waals surface area contributed by atoms with Crippen molar-refractivity contribution >= 4 is 63.0 Å². The van der Waals surface area contributed by atoms with Gasteiger partial charge in [-0.05, 0) is 23.8 Å². The van der Waals surface area contributed by atoms with Crippen molar-refractivity contribution in [1.29, 1.82) is 0 Å². The molecule has 0 radical (unpaired) electrons. The lowest BCUT2D eigenvalue weighted by Gasteiger charge is -2.03. The number of aromatic nitrogens is 2. The fourth-order valence-electron chi connectivity index (χ4n) is 2.06. The number of halogens is 2. The third kappa shape index (κ3) is 5.16. The molecule has 27 heavy (non-hydrogen) atoms. The highest BCUT2D eigenvalue weighted by atomic mass is 35.5. The Hall–Kier alpha value is -2.20. The number of anilines is 1. The van der Waals surface area contributed by atoms with Crippen molar-refractivity contribution in [2.24, 2.45) is 0 Å². The summed E-state index contributed by atoms with van der Waals surface area (Å²) in [5.41, 5.74) is 1.11. The van der Waals surface area contributed by atoms with E-state index in [0.717, 1.165) is 5.56 Å². The minimum atomic E-state index is -0.436. The largest absolute Gasteiger partial charge is 0.296 e. The molecular weight excluding hydrogens is 431 g/mol. The van der Waals surface area contributed by atoms with Gasteiger partial charge in [0.2, 0.25) is 5.13 Å². The fraction of sp³-hybridized carbons (Fsp3) is 0.0625. The standard InChI is InChI=1S/C16H10Cl2N4O3S2/c17-10-4-5-12(13(18)7-10)14(23)19-15-20-21-16(27-15)26-8-9-2-1-3-11(6-9)22(24)25/h1-7H,8H2,(H,19,20,23). The number of nitrogens with zero attached hydrogens (tertiary/aromatic N) is 3. The number of nitro benzene ring substituents is 1. The molecule has 1 amide bonds. The van der Waals surface area contributed by atoms with Crippen molar-refractivity contribution < 1.29 is 9.72 Å². The van der Waals surface area contributed by atoms with E-state index in [0.29, 0.717) is 20.2 Å². The first-order chi connectivity index (χ1) is 12.9. The van der Waals surface area contributed by atoms with E-state index in [2.05, 4.69) is 15.5 Å². The summed E-state index contributed by atoms with van der Waals surface area (Å²) in [4.78, 5) is 22.6. The Morgan fingerprint density at radius 1 is 1.22 bits per heavy atom. The predicted molar refractivity (Wildman–Crippen MR) is 107 cm³/mol. The van der Waals surface area contributed by atoms with Gasteiger partial charge in [0.1, 0.15) is 0 Å². The molecule has 0 fully saturated rings. The first kappa shape index (κ1) is 19.6. The molecule has 0 aliphatic rings. The predicted octanol–water partition coefficient (Wildman–Crippen LogP) is 5.30. The van der Waals surface area contributed by atoms with Gasteiger partial charge in [0, 0.05) is 22.9 Å². The summed E-state index contributed by atoms with van der Waals surface area (Å²) in [7, 11) is 0. The number of nitrogens with one attached hydrogen (secondary N) is 1. The van der Waals surface area contributed by atoms with Crippen LogP contribution < -0.4 is 5.32 Å². The Bertz CT molecular complexity index is 1010. The number of rotatable bonds is 6. The molecule has 0 aliphatic carbocycles. The van der Waals surface area contributed by atoms with Gasteiger partial charge in [0.15, 0.2) is 4.34 Å². The monoisotopic (exact) mass is 440 g/mol. The average Bonchev–Trinajstić information content (AvgIpc) is 3.07. The molecule has 0 saturated carbocycles. The quantitative estimate of drug-likeness (QED) is 0.241. The summed E-state index contributed by atoms with van der Waals surface area (Å²) < 4.78 is 0.624. The molecule has 2 aromatic carbocycles. The number of hydrogen-bond donors (Lipinski definition) is 1. The topological polar surface area (TPSA) is 98.0 Å². The molecule has 0 unspecified atom stereocenters. The van der Waals surface area contributed by atoms with Crippen LogP contribution in [-0.2, 0) is 5.75 Å². The second-order valence-electron chi connectivity index (χ2n) is 5.17. The van der Waals surface area contributed by atoms with Gasteiger partial charge in [0.05, 0.1) is 15.5 Å². The van der Waals surface area contributed by atoms with E-state index in [9.17, 15) is 14.9 Å². The molecule has 0 spiro atoms. The number of carbonyl (C=O) groups excluding carboxylic acids is 1. The summed E-state index contributed by atoms with van der Waals surface area (Å²) in [5, 5.41) is 22.4. The van der Waals surface area contributed by atoms with E-state index in [4.69, 9.17) is 23.2 Å². The summed E-state index contributed by atoms with van der Waals surface area (Å²) in [6, 6.07) is 11.0. The summed E-state index contributed by atoms with van der Waals surface area (Å²) in [6.07, 6.45) is 0. The van der Waals surface area contributed by atoms with Crippen LogP contribution in [0.3, 0.4) is 0 Å². The molecule has 3 rings (SSSR count). The lowest BCUT2D eigenvalue weighted by molar-refractivity contribution is -0.384. The van der Waals surface area contributed by atoms with Crippen LogP contribution in [-0.4, -0.2) is 21.0 Å². The minimum Gasteiger partial charge on any atom is -0.296 e. The van der Waals surface area contributed by atoms with Gasteiger partial charge in [-0.2, -0.15) is 0 Å². The number of carbonyl (C=O) groups is 1. The first-order valence-corrected chi connectivity index (χ1v) is 9.94. The molecule has 0 bridgehead atoms. The highest BCUT2D eigenvalue weighted by Gasteiger charge is 2.14. The normalized spacial score (nSPS) is 10.6. The van der Waals surface area contributed by atoms with Crippen LogP contribution in [0.2, 0.25) is 10.0 Å². The fourth-order valence-corrected chi connectivity index (χ4v) is 4.25. The Kier molecular flexibility index (Phi) is 6.27. The molecule has 0 saturated heterocycles. The Balaban J connectivity index is 1.62. The lowest BCUT2D eigenvalue weighted by Crippen LogP contribution is -2.12. The number of hydrogen-bond acceptors (Lipinski definition) is 7. The molecule has 1 aromatic heterocycles. The molecule has 1 N–H and O–H groups in total. The van der Waals surface area contributed by atoms with Gasteiger partial charge in [-0.1, -0.05) is 58.4 Å².